The van der Waals surface area contributed by atoms with Crippen LogP contribution in [-0.4, -0.2) is 24.7 Å². The number of alkyl halides is 2. The Morgan fingerprint density at radius 3 is 2.35 bits per heavy atom. The molecule has 0 aliphatic heterocycles. The van der Waals surface area contributed by atoms with Gasteiger partial charge in [-0.2, -0.15) is 8.78 Å². The van der Waals surface area contributed by atoms with E-state index in [1.165, 1.54) is 12.1 Å². The molecule has 6 heteroatoms. The van der Waals surface area contributed by atoms with Crippen LogP contribution in [0.5, 0.6) is 5.75 Å². The van der Waals surface area contributed by atoms with E-state index < -0.39 is 6.61 Å². The van der Waals surface area contributed by atoms with Gasteiger partial charge >= 0.3 is 6.61 Å². The van der Waals surface area contributed by atoms with Gasteiger partial charge in [0.2, 0.25) is 5.91 Å². The number of ether oxygens (including phenoxy) is 2. The number of nitrogens with one attached hydrogen (secondary N) is 1. The largest absolute Gasteiger partial charge is 0.435 e. The molecule has 0 heterocycles. The van der Waals surface area contributed by atoms with Gasteiger partial charge in [-0.05, 0) is 38.5 Å². The fraction of sp³-hybridized carbons (Fsp3) is 0.500. The SMILES string of the molecule is CC(C)(C)OCC(=O)NCc1ccc(OC(F)F)cc1. The lowest BCUT2D eigenvalue weighted by Gasteiger charge is -2.19. The molecule has 1 N–H and O–H groups in total. The van der Waals surface area contributed by atoms with E-state index in [9.17, 15) is 13.6 Å². The molecule has 1 rings (SSSR count). The highest BCUT2D eigenvalue weighted by Crippen LogP contribution is 2.14. The van der Waals surface area contributed by atoms with Crippen molar-refractivity contribution in [2.75, 3.05) is 6.61 Å². The second-order valence-corrected chi connectivity index (χ2v) is 5.20. The lowest BCUT2D eigenvalue weighted by Crippen LogP contribution is -2.31. The van der Waals surface area contributed by atoms with Gasteiger partial charge in [0, 0.05) is 6.54 Å². The summed E-state index contributed by atoms with van der Waals surface area (Å²) in [6.07, 6.45) is 0. The number of rotatable bonds is 6. The zero-order chi connectivity index (χ0) is 15.2. The average Bonchev–Trinajstić information content (AvgIpc) is 2.34. The van der Waals surface area contributed by atoms with Crippen LogP contribution < -0.4 is 10.1 Å². The van der Waals surface area contributed by atoms with E-state index in [1.54, 1.807) is 12.1 Å². The summed E-state index contributed by atoms with van der Waals surface area (Å²) in [6.45, 7) is 3.04. The number of hydrogen-bond donors (Lipinski definition) is 1. The first kappa shape index (κ1) is 16.4. The van der Waals surface area contributed by atoms with Gasteiger partial charge in [-0.3, -0.25) is 4.79 Å². The Hall–Kier alpha value is -1.69. The lowest BCUT2D eigenvalue weighted by atomic mass is 10.2. The van der Waals surface area contributed by atoms with E-state index in [-0.39, 0.29) is 23.9 Å². The summed E-state index contributed by atoms with van der Waals surface area (Å²) in [5.41, 5.74) is 0.418. The third kappa shape index (κ3) is 7.04. The van der Waals surface area contributed by atoms with Crippen LogP contribution in [0, 0.1) is 0 Å². The number of amides is 1. The van der Waals surface area contributed by atoms with Gasteiger partial charge in [-0.25, -0.2) is 0 Å². The molecule has 112 valence electrons. The maximum absolute atomic E-state index is 12.0. The van der Waals surface area contributed by atoms with Crippen LogP contribution in [0.2, 0.25) is 0 Å². The van der Waals surface area contributed by atoms with Crippen molar-refractivity contribution >= 4 is 5.91 Å². The number of hydrogen-bond acceptors (Lipinski definition) is 3. The quantitative estimate of drug-likeness (QED) is 0.875. The standard InChI is InChI=1S/C14H19F2NO3/c1-14(2,3)19-9-12(18)17-8-10-4-6-11(7-5-10)20-13(15)16/h4-7,13H,8-9H2,1-3H3,(H,17,18). The van der Waals surface area contributed by atoms with Crippen molar-refractivity contribution in [3.8, 4) is 5.75 Å². The number of benzene rings is 1. The van der Waals surface area contributed by atoms with Crippen LogP contribution in [0.25, 0.3) is 0 Å². The van der Waals surface area contributed by atoms with Crippen LogP contribution in [0.3, 0.4) is 0 Å². The molecule has 0 saturated carbocycles. The second-order valence-electron chi connectivity index (χ2n) is 5.20. The number of halogens is 2. The Morgan fingerprint density at radius 1 is 1.25 bits per heavy atom. The maximum atomic E-state index is 12.0. The van der Waals surface area contributed by atoms with Crippen molar-refractivity contribution in [2.45, 2.75) is 39.5 Å². The molecule has 1 amide bonds. The molecule has 1 aromatic rings. The predicted molar refractivity (Wildman–Crippen MR) is 70.6 cm³/mol. The van der Waals surface area contributed by atoms with Crippen molar-refractivity contribution in [1.29, 1.82) is 0 Å². The van der Waals surface area contributed by atoms with Crippen molar-refractivity contribution in [3.05, 3.63) is 29.8 Å². The predicted octanol–water partition coefficient (Wildman–Crippen LogP) is 2.72. The fourth-order valence-electron chi connectivity index (χ4n) is 1.32. The summed E-state index contributed by atoms with van der Waals surface area (Å²) in [5, 5.41) is 2.68. The van der Waals surface area contributed by atoms with Gasteiger partial charge in [0.25, 0.3) is 0 Å². The van der Waals surface area contributed by atoms with Gasteiger partial charge < -0.3 is 14.8 Å². The lowest BCUT2D eigenvalue weighted by molar-refractivity contribution is -0.130. The summed E-state index contributed by atoms with van der Waals surface area (Å²) in [4.78, 5) is 11.5. The van der Waals surface area contributed by atoms with Crippen LogP contribution in [0.15, 0.2) is 24.3 Å². The number of carbonyl (C=O) groups is 1. The Bertz CT molecular complexity index is 427. The highest BCUT2D eigenvalue weighted by Gasteiger charge is 2.12. The molecule has 20 heavy (non-hydrogen) atoms. The van der Waals surface area contributed by atoms with E-state index in [1.807, 2.05) is 20.8 Å². The molecule has 4 nitrogen and oxygen atoms in total. The van der Waals surface area contributed by atoms with Crippen molar-refractivity contribution < 1.29 is 23.0 Å². The van der Waals surface area contributed by atoms with Crippen LogP contribution in [0.4, 0.5) is 8.78 Å². The topological polar surface area (TPSA) is 47.6 Å². The van der Waals surface area contributed by atoms with Gasteiger partial charge in [-0.1, -0.05) is 12.1 Å². The zero-order valence-electron chi connectivity index (χ0n) is 11.8. The normalized spacial score (nSPS) is 11.5. The van der Waals surface area contributed by atoms with Gasteiger partial charge in [0.05, 0.1) is 5.60 Å². The maximum Gasteiger partial charge on any atom is 0.387 e. The third-order valence-corrected chi connectivity index (χ3v) is 2.27. The van der Waals surface area contributed by atoms with Crippen molar-refractivity contribution in [1.82, 2.24) is 5.32 Å². The molecule has 0 bridgehead atoms. The molecule has 0 atom stereocenters. The van der Waals surface area contributed by atoms with Crippen LogP contribution in [0.1, 0.15) is 26.3 Å². The minimum Gasteiger partial charge on any atom is -0.435 e. The molecule has 0 aliphatic carbocycles. The number of carbonyl (C=O) groups excluding carboxylic acids is 1. The Balaban J connectivity index is 2.36. The summed E-state index contributed by atoms with van der Waals surface area (Å²) in [5.74, 6) is -0.140. The first-order valence-electron chi connectivity index (χ1n) is 6.21. The van der Waals surface area contributed by atoms with Gasteiger partial charge in [0.1, 0.15) is 12.4 Å². The molecule has 1 aromatic carbocycles. The molecule has 0 unspecified atom stereocenters. The Kier molecular flexibility index (Phi) is 5.88. The zero-order valence-corrected chi connectivity index (χ0v) is 11.8. The minimum absolute atomic E-state index is 0.0178. The summed E-state index contributed by atoms with van der Waals surface area (Å²) in [7, 11) is 0. The molecule has 0 fully saturated rings. The molecule has 0 aliphatic rings. The molecular weight excluding hydrogens is 268 g/mol. The van der Waals surface area contributed by atoms with E-state index in [4.69, 9.17) is 4.74 Å². The van der Waals surface area contributed by atoms with E-state index in [2.05, 4.69) is 10.1 Å². The van der Waals surface area contributed by atoms with Gasteiger partial charge in [0.15, 0.2) is 0 Å². The second kappa shape index (κ2) is 7.19. The molecule has 0 saturated heterocycles. The molecule has 0 spiro atoms. The average molecular weight is 287 g/mol. The molecule has 0 aromatic heterocycles. The highest BCUT2D eigenvalue weighted by molar-refractivity contribution is 5.77. The fourth-order valence-corrected chi connectivity index (χ4v) is 1.32. The smallest absolute Gasteiger partial charge is 0.387 e. The minimum atomic E-state index is -2.84. The van der Waals surface area contributed by atoms with Gasteiger partial charge in [-0.15, -0.1) is 0 Å². The monoisotopic (exact) mass is 287 g/mol. The van der Waals surface area contributed by atoms with E-state index >= 15 is 0 Å². The molecular formula is C14H19F2NO3. The van der Waals surface area contributed by atoms with Crippen LogP contribution in [-0.2, 0) is 16.1 Å². The first-order valence-corrected chi connectivity index (χ1v) is 6.21. The Morgan fingerprint density at radius 2 is 1.85 bits per heavy atom. The van der Waals surface area contributed by atoms with Crippen molar-refractivity contribution in [2.24, 2.45) is 0 Å². The van der Waals surface area contributed by atoms with E-state index in [0.29, 0.717) is 6.54 Å². The third-order valence-electron chi connectivity index (χ3n) is 2.27. The van der Waals surface area contributed by atoms with E-state index in [0.717, 1.165) is 5.56 Å². The first-order chi connectivity index (χ1) is 9.26. The summed E-state index contributed by atoms with van der Waals surface area (Å²) < 4.78 is 33.5. The highest BCUT2D eigenvalue weighted by atomic mass is 19.3. The molecule has 0 radical (unpaired) electrons. The van der Waals surface area contributed by atoms with Crippen molar-refractivity contribution in [3.63, 3.8) is 0 Å². The summed E-state index contributed by atoms with van der Waals surface area (Å²) >= 11 is 0. The Labute approximate surface area is 117 Å². The van der Waals surface area contributed by atoms with Crippen LogP contribution >= 0.6 is 0 Å². The summed E-state index contributed by atoms with van der Waals surface area (Å²) in [6, 6.07) is 6.09.